The first-order valence-corrected chi connectivity index (χ1v) is 8.00. The number of benzene rings is 2. The van der Waals surface area contributed by atoms with Crippen LogP contribution in [0.1, 0.15) is 47.4 Å². The van der Waals surface area contributed by atoms with E-state index in [1.165, 1.54) is 0 Å². The van der Waals surface area contributed by atoms with Crippen LogP contribution in [-0.4, -0.2) is 25.0 Å². The lowest BCUT2D eigenvalue weighted by Crippen LogP contribution is -2.20. The van der Waals surface area contributed by atoms with Gasteiger partial charge in [0.2, 0.25) is 0 Å². The highest BCUT2D eigenvalue weighted by atomic mass is 16.5. The van der Waals surface area contributed by atoms with E-state index in [-0.39, 0.29) is 11.8 Å². The molecule has 1 heterocycles. The maximum Gasteiger partial charge on any atom is 0.261 e. The highest BCUT2D eigenvalue weighted by molar-refractivity contribution is 6.30. The third-order valence-corrected chi connectivity index (χ3v) is 3.85. The van der Waals surface area contributed by atoms with Gasteiger partial charge in [0.05, 0.1) is 23.4 Å². The fraction of sp³-hybridized carbons (Fsp3) is 0.333. The molecule has 0 aromatic heterocycles. The van der Waals surface area contributed by atoms with Gasteiger partial charge in [-0.1, -0.05) is 38.1 Å². The quantitative estimate of drug-likeness (QED) is 0.803. The first kappa shape index (κ1) is 15.3. The molecule has 0 saturated heterocycles. The van der Waals surface area contributed by atoms with Crippen LogP contribution >= 0.6 is 0 Å². The van der Waals surface area contributed by atoms with E-state index in [1.807, 2.05) is 38.1 Å². The smallest absolute Gasteiger partial charge is 0.261 e. The van der Waals surface area contributed by atoms with Gasteiger partial charge in [0.15, 0.2) is 5.75 Å². The van der Waals surface area contributed by atoms with E-state index in [1.54, 1.807) is 0 Å². The van der Waals surface area contributed by atoms with Crippen LogP contribution in [0.3, 0.4) is 0 Å². The predicted octanol–water partition coefficient (Wildman–Crippen LogP) is 3.33. The van der Waals surface area contributed by atoms with Crippen molar-refractivity contribution >= 4 is 28.3 Å². The van der Waals surface area contributed by atoms with Crippen molar-refractivity contribution in [2.75, 3.05) is 18.5 Å². The number of nitrogens with one attached hydrogen (secondary N) is 2. The number of anilines is 1. The third kappa shape index (κ3) is 2.52. The van der Waals surface area contributed by atoms with Crippen molar-refractivity contribution in [1.82, 2.24) is 5.32 Å². The molecular formula is C18H20N2O3. The van der Waals surface area contributed by atoms with Gasteiger partial charge in [0, 0.05) is 11.9 Å². The zero-order valence-electron chi connectivity index (χ0n) is 13.4. The number of carbonyl (C=O) groups is 2. The second-order valence-electron chi connectivity index (χ2n) is 5.56. The number of hydrogen-bond acceptors (Lipinski definition) is 4. The summed E-state index contributed by atoms with van der Waals surface area (Å²) in [5.41, 5.74) is 1.46. The summed E-state index contributed by atoms with van der Waals surface area (Å²) >= 11 is 0. The number of ether oxygens (including phenoxy) is 1. The normalized spacial score (nSPS) is 13.1. The molecule has 5 nitrogen and oxygen atoms in total. The molecule has 3 rings (SSSR count). The molecule has 120 valence electrons. The standard InChI is InChI=1S/C18H20N2O3/c1-3-9-19-15-14-13(17(21)20-18(14)22)11-7-5-6-8-12(11)16(15)23-10-4-2/h5-8,19H,3-4,9-10H2,1-2H3,(H,20,21,22). The molecule has 0 aliphatic carbocycles. The topological polar surface area (TPSA) is 67.4 Å². The van der Waals surface area contributed by atoms with Crippen molar-refractivity contribution in [2.45, 2.75) is 26.7 Å². The van der Waals surface area contributed by atoms with Crippen LogP contribution in [0.4, 0.5) is 5.69 Å². The first-order valence-electron chi connectivity index (χ1n) is 8.00. The Morgan fingerprint density at radius 1 is 1.00 bits per heavy atom. The molecule has 23 heavy (non-hydrogen) atoms. The molecule has 0 atom stereocenters. The van der Waals surface area contributed by atoms with Gasteiger partial charge in [-0.05, 0) is 18.2 Å². The molecule has 2 aromatic carbocycles. The minimum Gasteiger partial charge on any atom is -0.491 e. The van der Waals surface area contributed by atoms with Gasteiger partial charge in [0.25, 0.3) is 11.8 Å². The number of rotatable bonds is 6. The van der Waals surface area contributed by atoms with Gasteiger partial charge in [-0.25, -0.2) is 0 Å². The van der Waals surface area contributed by atoms with Gasteiger partial charge in [-0.2, -0.15) is 0 Å². The van der Waals surface area contributed by atoms with Crippen molar-refractivity contribution in [2.24, 2.45) is 0 Å². The number of amides is 2. The van der Waals surface area contributed by atoms with E-state index in [0.717, 1.165) is 23.6 Å². The number of imide groups is 1. The van der Waals surface area contributed by atoms with Crippen LogP contribution < -0.4 is 15.4 Å². The molecule has 0 unspecified atom stereocenters. The van der Waals surface area contributed by atoms with Crippen molar-refractivity contribution in [1.29, 1.82) is 0 Å². The van der Waals surface area contributed by atoms with Gasteiger partial charge in [-0.3, -0.25) is 14.9 Å². The Morgan fingerprint density at radius 3 is 2.39 bits per heavy atom. The number of hydrogen-bond donors (Lipinski definition) is 2. The van der Waals surface area contributed by atoms with Crippen molar-refractivity contribution < 1.29 is 14.3 Å². The summed E-state index contributed by atoms with van der Waals surface area (Å²) in [4.78, 5) is 24.5. The molecule has 0 saturated carbocycles. The Kier molecular flexibility index (Phi) is 4.19. The lowest BCUT2D eigenvalue weighted by Gasteiger charge is -2.18. The third-order valence-electron chi connectivity index (χ3n) is 3.85. The minimum atomic E-state index is -0.365. The molecule has 1 aliphatic heterocycles. The van der Waals surface area contributed by atoms with E-state index in [9.17, 15) is 9.59 Å². The fourth-order valence-corrected chi connectivity index (χ4v) is 2.87. The van der Waals surface area contributed by atoms with Gasteiger partial charge in [0.1, 0.15) is 0 Å². The van der Waals surface area contributed by atoms with E-state index in [0.29, 0.717) is 35.7 Å². The van der Waals surface area contributed by atoms with Crippen molar-refractivity contribution in [3.63, 3.8) is 0 Å². The summed E-state index contributed by atoms with van der Waals surface area (Å²) in [6.45, 7) is 5.34. The summed E-state index contributed by atoms with van der Waals surface area (Å²) in [6, 6.07) is 7.55. The second kappa shape index (κ2) is 6.28. The Bertz CT molecular complexity index is 783. The molecule has 2 amide bonds. The van der Waals surface area contributed by atoms with Crippen molar-refractivity contribution in [3.8, 4) is 5.75 Å². The fourth-order valence-electron chi connectivity index (χ4n) is 2.87. The second-order valence-corrected chi connectivity index (χ2v) is 5.56. The van der Waals surface area contributed by atoms with E-state index in [4.69, 9.17) is 4.74 Å². The van der Waals surface area contributed by atoms with E-state index in [2.05, 4.69) is 10.6 Å². The first-order chi connectivity index (χ1) is 11.2. The molecule has 5 heteroatoms. The van der Waals surface area contributed by atoms with Gasteiger partial charge >= 0.3 is 0 Å². The Hall–Kier alpha value is -2.56. The summed E-state index contributed by atoms with van der Waals surface area (Å²) in [5, 5.41) is 7.28. The SMILES string of the molecule is CCCNc1c2c(c3ccccc3c1OCCC)C(=O)NC2=O. The number of carbonyl (C=O) groups excluding carboxylic acids is 2. The molecule has 0 spiro atoms. The van der Waals surface area contributed by atoms with Gasteiger partial charge in [-0.15, -0.1) is 0 Å². The lowest BCUT2D eigenvalue weighted by atomic mass is 9.97. The maximum absolute atomic E-state index is 12.3. The van der Waals surface area contributed by atoms with Crippen LogP contribution in [0.25, 0.3) is 10.8 Å². The van der Waals surface area contributed by atoms with Gasteiger partial charge < -0.3 is 10.1 Å². The summed E-state index contributed by atoms with van der Waals surface area (Å²) in [5.74, 6) is -0.0574. The Balaban J connectivity index is 2.32. The molecule has 1 aliphatic rings. The summed E-state index contributed by atoms with van der Waals surface area (Å²) < 4.78 is 5.95. The average Bonchev–Trinajstić information content (AvgIpc) is 2.86. The van der Waals surface area contributed by atoms with Crippen LogP contribution in [0.15, 0.2) is 24.3 Å². The highest BCUT2D eigenvalue weighted by Gasteiger charge is 2.34. The molecular weight excluding hydrogens is 292 g/mol. The number of fused-ring (bicyclic) bond motifs is 3. The minimum absolute atomic E-state index is 0.345. The Labute approximate surface area is 135 Å². The van der Waals surface area contributed by atoms with E-state index < -0.39 is 0 Å². The van der Waals surface area contributed by atoms with Crippen LogP contribution in [0.2, 0.25) is 0 Å². The molecule has 0 fully saturated rings. The molecule has 0 radical (unpaired) electrons. The van der Waals surface area contributed by atoms with Crippen molar-refractivity contribution in [3.05, 3.63) is 35.4 Å². The lowest BCUT2D eigenvalue weighted by molar-refractivity contribution is 0.0880. The van der Waals surface area contributed by atoms with E-state index >= 15 is 0 Å². The van der Waals surface area contributed by atoms with Crippen LogP contribution in [0.5, 0.6) is 5.75 Å². The predicted molar refractivity (Wildman–Crippen MR) is 90.3 cm³/mol. The molecule has 2 N–H and O–H groups in total. The highest BCUT2D eigenvalue weighted by Crippen LogP contribution is 2.42. The Morgan fingerprint density at radius 2 is 1.70 bits per heavy atom. The average molecular weight is 312 g/mol. The summed E-state index contributed by atoms with van der Waals surface area (Å²) in [7, 11) is 0. The molecule has 0 bridgehead atoms. The molecule has 2 aromatic rings. The maximum atomic E-state index is 12.3. The van der Waals surface area contributed by atoms with Crippen LogP contribution in [-0.2, 0) is 0 Å². The van der Waals surface area contributed by atoms with Crippen LogP contribution in [0, 0.1) is 0 Å². The largest absolute Gasteiger partial charge is 0.491 e. The summed E-state index contributed by atoms with van der Waals surface area (Å²) in [6.07, 6.45) is 1.77. The zero-order valence-corrected chi connectivity index (χ0v) is 13.4. The monoisotopic (exact) mass is 312 g/mol. The zero-order chi connectivity index (χ0) is 16.4.